The minimum atomic E-state index is 1.01. The van der Waals surface area contributed by atoms with Crippen molar-refractivity contribution in [3.8, 4) is 0 Å². The molecule has 0 aliphatic carbocycles. The summed E-state index contributed by atoms with van der Waals surface area (Å²) >= 11 is 0. The van der Waals surface area contributed by atoms with E-state index < -0.39 is 0 Å². The van der Waals surface area contributed by atoms with Crippen LogP contribution >= 0.6 is 0 Å². The Balaban J connectivity index is 2.94. The Labute approximate surface area is 67.1 Å². The molecule has 0 N–H and O–H groups in total. The fourth-order valence-corrected chi connectivity index (χ4v) is 0.832. The van der Waals surface area contributed by atoms with Crippen LogP contribution in [0.25, 0.3) is 6.08 Å². The summed E-state index contributed by atoms with van der Waals surface area (Å²) in [5, 5.41) is 0. The van der Waals surface area contributed by atoms with Gasteiger partial charge in [0.1, 0.15) is 0 Å². The normalized spacial score (nSPS) is 10.3. The molecule has 0 spiro atoms. The molecule has 1 nitrogen and oxygen atoms in total. The van der Waals surface area contributed by atoms with Gasteiger partial charge in [0, 0.05) is 6.20 Å². The Morgan fingerprint density at radius 2 is 2.36 bits per heavy atom. The van der Waals surface area contributed by atoms with Gasteiger partial charge >= 0.3 is 0 Å². The quantitative estimate of drug-likeness (QED) is 0.583. The van der Waals surface area contributed by atoms with Crippen LogP contribution in [-0.2, 0) is 0 Å². The Morgan fingerprint density at radius 1 is 1.55 bits per heavy atom. The number of allylic oxidation sites excluding steroid dienone is 2. The van der Waals surface area contributed by atoms with Gasteiger partial charge in [0.05, 0.1) is 5.69 Å². The summed E-state index contributed by atoms with van der Waals surface area (Å²) in [6.45, 7) is 5.63. The molecular formula is C10H11N. The first-order valence-corrected chi connectivity index (χ1v) is 3.55. The average Bonchev–Trinajstić information content (AvgIpc) is 2.03. The van der Waals surface area contributed by atoms with E-state index in [0.717, 1.165) is 5.69 Å². The smallest absolute Gasteiger partial charge is 0.0658 e. The van der Waals surface area contributed by atoms with E-state index in [4.69, 9.17) is 0 Å². The van der Waals surface area contributed by atoms with E-state index in [1.54, 1.807) is 12.3 Å². The Bertz CT molecular complexity index is 274. The summed E-state index contributed by atoms with van der Waals surface area (Å²) in [4.78, 5) is 4.18. The lowest BCUT2D eigenvalue weighted by atomic mass is 10.2. The lowest BCUT2D eigenvalue weighted by Crippen LogP contribution is -1.83. The molecule has 0 fully saturated rings. The van der Waals surface area contributed by atoms with Crippen molar-refractivity contribution in [2.75, 3.05) is 0 Å². The van der Waals surface area contributed by atoms with Gasteiger partial charge in [-0.2, -0.15) is 0 Å². The number of aromatic nitrogens is 1. The second kappa shape index (κ2) is 3.71. The van der Waals surface area contributed by atoms with Crippen LogP contribution in [0.15, 0.2) is 37.1 Å². The number of nitrogens with zero attached hydrogens (tertiary/aromatic N) is 1. The SMILES string of the molecule is C=C/C=C\c1ncccc1C. The highest BCUT2D eigenvalue weighted by molar-refractivity contribution is 5.50. The zero-order valence-electron chi connectivity index (χ0n) is 6.62. The van der Waals surface area contributed by atoms with E-state index in [1.165, 1.54) is 5.56 Å². The van der Waals surface area contributed by atoms with Crippen molar-refractivity contribution in [3.63, 3.8) is 0 Å². The van der Waals surface area contributed by atoms with Crippen molar-refractivity contribution in [2.24, 2.45) is 0 Å². The Morgan fingerprint density at radius 3 is 3.00 bits per heavy atom. The second-order valence-corrected chi connectivity index (χ2v) is 2.30. The standard InChI is InChI=1S/C10H11N/c1-3-4-7-10-9(2)6-5-8-11-10/h3-8H,1H2,2H3/b7-4-. The molecule has 0 unspecified atom stereocenters. The van der Waals surface area contributed by atoms with Crippen LogP contribution in [-0.4, -0.2) is 4.98 Å². The summed E-state index contributed by atoms with van der Waals surface area (Å²) in [5.74, 6) is 0. The van der Waals surface area contributed by atoms with Crippen molar-refractivity contribution in [3.05, 3.63) is 48.3 Å². The second-order valence-electron chi connectivity index (χ2n) is 2.30. The third-order valence-corrected chi connectivity index (χ3v) is 1.44. The largest absolute Gasteiger partial charge is 0.257 e. The van der Waals surface area contributed by atoms with Gasteiger partial charge in [-0.25, -0.2) is 0 Å². The number of hydrogen-bond donors (Lipinski definition) is 0. The van der Waals surface area contributed by atoms with Gasteiger partial charge in [-0.15, -0.1) is 0 Å². The van der Waals surface area contributed by atoms with Gasteiger partial charge in [-0.05, 0) is 24.6 Å². The van der Waals surface area contributed by atoms with Gasteiger partial charge < -0.3 is 0 Å². The van der Waals surface area contributed by atoms with Gasteiger partial charge in [-0.1, -0.05) is 24.8 Å². The van der Waals surface area contributed by atoms with Crippen LogP contribution in [0.4, 0.5) is 0 Å². The lowest BCUT2D eigenvalue weighted by Gasteiger charge is -1.95. The third-order valence-electron chi connectivity index (χ3n) is 1.44. The molecule has 1 aromatic rings. The summed E-state index contributed by atoms with van der Waals surface area (Å²) in [6.07, 6.45) is 7.36. The molecule has 0 saturated carbocycles. The van der Waals surface area contributed by atoms with Crippen LogP contribution in [0.1, 0.15) is 11.3 Å². The molecule has 0 amide bonds. The van der Waals surface area contributed by atoms with Crippen molar-refractivity contribution >= 4 is 6.08 Å². The van der Waals surface area contributed by atoms with Gasteiger partial charge in [0.15, 0.2) is 0 Å². The molecule has 0 aromatic carbocycles. The maximum Gasteiger partial charge on any atom is 0.0658 e. The van der Waals surface area contributed by atoms with Crippen LogP contribution in [0, 0.1) is 6.92 Å². The number of aryl methyl sites for hydroxylation is 1. The first-order valence-electron chi connectivity index (χ1n) is 3.55. The van der Waals surface area contributed by atoms with E-state index in [-0.39, 0.29) is 0 Å². The first-order chi connectivity index (χ1) is 5.34. The Kier molecular flexibility index (Phi) is 2.61. The maximum absolute atomic E-state index is 4.18. The van der Waals surface area contributed by atoms with Crippen LogP contribution in [0.5, 0.6) is 0 Å². The molecule has 0 saturated heterocycles. The molecule has 56 valence electrons. The number of pyridine rings is 1. The van der Waals surface area contributed by atoms with Gasteiger partial charge in [0.25, 0.3) is 0 Å². The highest BCUT2D eigenvalue weighted by Gasteiger charge is 1.89. The molecule has 1 rings (SSSR count). The topological polar surface area (TPSA) is 12.9 Å². The Hall–Kier alpha value is -1.37. The maximum atomic E-state index is 4.18. The van der Waals surface area contributed by atoms with Crippen LogP contribution < -0.4 is 0 Å². The molecule has 1 heterocycles. The molecule has 0 aliphatic rings. The van der Waals surface area contributed by atoms with Crippen molar-refractivity contribution in [1.82, 2.24) is 4.98 Å². The first kappa shape index (κ1) is 7.73. The van der Waals surface area contributed by atoms with Gasteiger partial charge in [0.2, 0.25) is 0 Å². The summed E-state index contributed by atoms with van der Waals surface area (Å²) in [7, 11) is 0. The lowest BCUT2D eigenvalue weighted by molar-refractivity contribution is 1.24. The summed E-state index contributed by atoms with van der Waals surface area (Å²) in [6, 6.07) is 3.97. The van der Waals surface area contributed by atoms with E-state index in [0.29, 0.717) is 0 Å². The van der Waals surface area contributed by atoms with E-state index >= 15 is 0 Å². The molecule has 0 aliphatic heterocycles. The molecule has 0 bridgehead atoms. The molecule has 1 aromatic heterocycles. The molecule has 0 radical (unpaired) electrons. The highest BCUT2D eigenvalue weighted by Crippen LogP contribution is 2.04. The zero-order valence-corrected chi connectivity index (χ0v) is 6.62. The monoisotopic (exact) mass is 145 g/mol. The molecule has 1 heteroatoms. The summed E-state index contributed by atoms with van der Waals surface area (Å²) in [5.41, 5.74) is 2.19. The van der Waals surface area contributed by atoms with Crippen molar-refractivity contribution < 1.29 is 0 Å². The minimum absolute atomic E-state index is 1.01. The number of rotatable bonds is 2. The van der Waals surface area contributed by atoms with Crippen molar-refractivity contribution in [1.29, 1.82) is 0 Å². The third kappa shape index (κ3) is 2.04. The van der Waals surface area contributed by atoms with E-state index in [2.05, 4.69) is 11.6 Å². The van der Waals surface area contributed by atoms with Gasteiger partial charge in [-0.3, -0.25) is 4.98 Å². The zero-order chi connectivity index (χ0) is 8.10. The average molecular weight is 145 g/mol. The molecular weight excluding hydrogens is 134 g/mol. The molecule has 11 heavy (non-hydrogen) atoms. The van der Waals surface area contributed by atoms with Crippen LogP contribution in [0.2, 0.25) is 0 Å². The fourth-order valence-electron chi connectivity index (χ4n) is 0.832. The predicted octanol–water partition coefficient (Wildman–Crippen LogP) is 2.59. The van der Waals surface area contributed by atoms with E-state index in [9.17, 15) is 0 Å². The van der Waals surface area contributed by atoms with Crippen LogP contribution in [0.3, 0.4) is 0 Å². The molecule has 0 atom stereocenters. The summed E-state index contributed by atoms with van der Waals surface area (Å²) < 4.78 is 0. The fraction of sp³-hybridized carbons (Fsp3) is 0.100. The minimum Gasteiger partial charge on any atom is -0.257 e. The number of hydrogen-bond acceptors (Lipinski definition) is 1. The predicted molar refractivity (Wildman–Crippen MR) is 48.2 cm³/mol. The van der Waals surface area contributed by atoms with Crippen molar-refractivity contribution in [2.45, 2.75) is 6.92 Å². The van der Waals surface area contributed by atoms with E-state index in [1.807, 2.05) is 31.2 Å². The highest BCUT2D eigenvalue weighted by atomic mass is 14.7.